The third-order valence-corrected chi connectivity index (χ3v) is 35.7. The number of aryl methyl sites for hydroxylation is 4. The van der Waals surface area contributed by atoms with Gasteiger partial charge >= 0.3 is 22.8 Å². The van der Waals surface area contributed by atoms with Crippen LogP contribution in [0.3, 0.4) is 0 Å². The fourth-order valence-corrected chi connectivity index (χ4v) is 27.2. The maximum Gasteiger partial charge on any atom is 0.351 e. The number of ether oxygens (including phenoxy) is 7. The van der Waals surface area contributed by atoms with Crippen LogP contribution in [0.15, 0.2) is 91.7 Å². The topological polar surface area (TPSA) is 844 Å². The highest BCUT2D eigenvalue weighted by Gasteiger charge is 2.51. The Bertz CT molecular complexity index is 7850. The lowest BCUT2D eigenvalue weighted by Crippen LogP contribution is -2.35. The van der Waals surface area contributed by atoms with Gasteiger partial charge in [0.2, 0.25) is 17.8 Å². The van der Waals surface area contributed by atoms with Crippen molar-refractivity contribution in [3.05, 3.63) is 170 Å². The molecule has 7 fully saturated rings. The minimum atomic E-state index is -5.11. The molecule has 0 radical (unpaired) electrons. The molecule has 0 bridgehead atoms. The summed E-state index contributed by atoms with van der Waals surface area (Å²) in [5, 5.41) is 0. The average Bonchev–Trinajstić information content (AvgIpc) is 1.65. The van der Waals surface area contributed by atoms with Crippen LogP contribution in [0, 0.1) is 33.6 Å². The first-order chi connectivity index (χ1) is 70.0. The van der Waals surface area contributed by atoms with E-state index in [0.29, 0.717) is 5.56 Å². The summed E-state index contributed by atoms with van der Waals surface area (Å²) in [6.45, 7) is -30.4. The molecule has 76 heteroatoms. The van der Waals surface area contributed by atoms with Crippen LogP contribution in [0.25, 0.3) is 33.5 Å². The van der Waals surface area contributed by atoms with Crippen LogP contribution in [0.4, 0.5) is 23.7 Å². The van der Waals surface area contributed by atoms with Crippen molar-refractivity contribution in [1.29, 1.82) is 0 Å². The third kappa shape index (κ3) is 25.8. The standard InChI is InChI=1S/C73H97N24O38P7S7/c1-8-33-34(9-46(122-33)92-16-29(3)60(98)88-71(92)105)130-141(113,148)121-24-45-55(32(6)66(128-45)94-18-31(5)62(100)90-73(94)107)135-142(114,149)120-23-44-39(14-51(127-44)97-27-80-54-59(97)84-69(77)87-65(54)103)134-140(112,147)119-22-43-38(13-50(126-43)96-26-79-53-58(96)83-68(76)86-64(53)102)133-139(111,146)117-20-41-36(11-48(124-41)93-17-30(4)61(99)89-72(93)106)131-137(109,144)118-21-42-37(12-49(125-42)95-25-78-52-57(95)82-67(75)85-63(52)101)132-138(110,145)116-19-40-35(129-136(108,143)115-7)10-47(123-40)91-15-28(2)56(74)81-70(91)104/h15-18,25-27,32-51,55,66H,8-14,19-24H2,1-7H3,(H,108,143)(H,109,144)(H,110,145)(H,111,146)(H,112,147)(H,113,148)(H,114,149)(H2,74,81,104)(H,88,98,105)(H,89,99,106)(H,90,100,107)(H3,75,82,85,101)(H3,76,83,86,102)(H3,77,84,87,103)/p-7/t32?,33-,34-,35-,36-,37-,38-,39-,40-,41-,42-,43-,44-,45-,46-,47-,48-,49-,50-,51-,55-,66-,136?,137?,138?,139?,140?,141?,142?/m1/s1. The zero-order valence-electron chi connectivity index (χ0n) is 78.0. The maximum atomic E-state index is 15.1. The molecule has 10 aromatic rings. The second kappa shape index (κ2) is 44.7. The first-order valence-electron chi connectivity index (χ1n) is 44.5. The predicted octanol–water partition coefficient (Wildman–Crippen LogP) is -3.87. The Morgan fingerprint density at radius 3 is 0.993 bits per heavy atom. The highest BCUT2D eigenvalue weighted by molar-refractivity contribution is 8.32. The summed E-state index contributed by atoms with van der Waals surface area (Å²) in [7, 11) is 1.02. The zero-order chi connectivity index (χ0) is 107. The summed E-state index contributed by atoms with van der Waals surface area (Å²) in [6.07, 6.45) is -23.2. The molecule has 7 aliphatic rings. The second-order valence-corrected chi connectivity index (χ2v) is 53.8. The highest BCUT2D eigenvalue weighted by Crippen LogP contribution is 2.58. The molecule has 14 N–H and O–H groups in total. The first kappa shape index (κ1) is 113. The lowest BCUT2D eigenvalue weighted by Gasteiger charge is -2.36. The number of imidazole rings is 3. The van der Waals surface area contributed by atoms with Crippen LogP contribution >= 0.6 is 47.1 Å². The lowest BCUT2D eigenvalue weighted by atomic mass is 10.0. The summed E-state index contributed by atoms with van der Waals surface area (Å²) in [4.78, 5) is 260. The normalized spacial score (nSPS) is 29.6. The minimum absolute atomic E-state index is 0.00984. The van der Waals surface area contributed by atoms with Gasteiger partial charge in [-0.3, -0.25) is 95.2 Å². The van der Waals surface area contributed by atoms with Crippen LogP contribution in [-0.2, 0) is 184 Å². The van der Waals surface area contributed by atoms with Crippen molar-refractivity contribution in [2.24, 2.45) is 5.92 Å². The van der Waals surface area contributed by atoms with Gasteiger partial charge in [-0.15, -0.1) is 0 Å². The summed E-state index contributed by atoms with van der Waals surface area (Å²) in [5.74, 6) is -2.28. The fourth-order valence-electron chi connectivity index (χ4n) is 17.5. The molecule has 17 heterocycles. The van der Waals surface area contributed by atoms with Crippen molar-refractivity contribution >= 4 is 187 Å². The molecule has 0 amide bonds. The minimum Gasteiger partial charge on any atom is -0.780 e. The zero-order valence-corrected chi connectivity index (χ0v) is 90.0. The molecule has 814 valence electrons. The van der Waals surface area contributed by atoms with E-state index in [9.17, 15) is 72.1 Å². The highest BCUT2D eigenvalue weighted by atomic mass is 32.7. The van der Waals surface area contributed by atoms with Crippen molar-refractivity contribution < 1.29 is 130 Å². The Kier molecular flexibility index (Phi) is 33.8. The van der Waals surface area contributed by atoms with E-state index in [1.54, 1.807) is 13.8 Å². The quantitative estimate of drug-likeness (QED) is 0.0129. The van der Waals surface area contributed by atoms with E-state index in [1.807, 2.05) is 0 Å². The summed E-state index contributed by atoms with van der Waals surface area (Å²) in [5.41, 5.74) is 15.1. The number of nitrogens with two attached hydrogens (primary N) is 4. The van der Waals surface area contributed by atoms with Crippen molar-refractivity contribution in [2.75, 3.05) is 69.7 Å². The molecule has 0 aliphatic carbocycles. The van der Waals surface area contributed by atoms with Gasteiger partial charge in [-0.2, -0.15) is 19.9 Å². The first-order valence-corrected chi connectivity index (χ1v) is 62.4. The van der Waals surface area contributed by atoms with E-state index in [-0.39, 0.29) is 99.5 Å². The molecule has 149 heavy (non-hydrogen) atoms. The molecule has 8 unspecified atom stereocenters. The van der Waals surface area contributed by atoms with Crippen LogP contribution in [0.2, 0.25) is 0 Å². The number of hydrogen-bond acceptors (Lipinski definition) is 56. The van der Waals surface area contributed by atoms with Crippen molar-refractivity contribution in [3.8, 4) is 0 Å². The Morgan fingerprint density at radius 1 is 0.376 bits per heavy atom. The van der Waals surface area contributed by atoms with E-state index in [1.165, 1.54) is 60.0 Å². The number of anilines is 4. The Balaban J connectivity index is 0.597. The summed E-state index contributed by atoms with van der Waals surface area (Å²) < 4.78 is 149. The van der Waals surface area contributed by atoms with Crippen molar-refractivity contribution in [3.63, 3.8) is 0 Å². The number of rotatable bonds is 41. The van der Waals surface area contributed by atoms with E-state index >= 15 is 9.79 Å². The van der Waals surface area contributed by atoms with Gasteiger partial charge in [0.1, 0.15) is 132 Å². The molecule has 10 aromatic heterocycles. The molecule has 7 aliphatic heterocycles. The van der Waals surface area contributed by atoms with E-state index in [4.69, 9.17) is 203 Å². The van der Waals surface area contributed by atoms with Gasteiger partial charge in [0.15, 0.2) is 40.3 Å². The molecule has 62 nitrogen and oxygen atoms in total. The number of H-pyrrole nitrogens is 6. The average molecular weight is 2350 g/mol. The summed E-state index contributed by atoms with van der Waals surface area (Å²) >= 11 is 38.1. The Labute approximate surface area is 870 Å². The Hall–Kier alpha value is -7.43. The van der Waals surface area contributed by atoms with Crippen LogP contribution < -0.4 is 108 Å². The molecular weight excluding hydrogens is 2260 g/mol. The molecule has 7 saturated heterocycles. The van der Waals surface area contributed by atoms with Crippen LogP contribution in [0.1, 0.15) is 125 Å². The smallest absolute Gasteiger partial charge is 0.351 e. The lowest BCUT2D eigenvalue weighted by molar-refractivity contribution is -0.221. The Morgan fingerprint density at radius 2 is 0.658 bits per heavy atom. The molecule has 0 aromatic carbocycles. The fraction of sp³-hybridized carbons (Fsp3) is 0.575. The summed E-state index contributed by atoms with van der Waals surface area (Å²) in [6, 6.07) is 0. The molecule has 17 rings (SSSR count). The predicted molar refractivity (Wildman–Crippen MR) is 526 cm³/mol. The van der Waals surface area contributed by atoms with E-state index < -0.39 is 297 Å². The van der Waals surface area contributed by atoms with Gasteiger partial charge in [-0.25, -0.2) is 34.1 Å². The van der Waals surface area contributed by atoms with Gasteiger partial charge in [0, 0.05) is 98.6 Å². The van der Waals surface area contributed by atoms with Gasteiger partial charge in [0.25, 0.3) is 33.4 Å². The van der Waals surface area contributed by atoms with Gasteiger partial charge in [-0.05, 0) is 34.1 Å². The van der Waals surface area contributed by atoms with Gasteiger partial charge in [-0.1, -0.05) is 84.7 Å². The van der Waals surface area contributed by atoms with E-state index in [0.717, 1.165) is 50.6 Å². The van der Waals surface area contributed by atoms with Crippen molar-refractivity contribution in [1.82, 2.24) is 96.8 Å². The molecule has 0 spiro atoms. The van der Waals surface area contributed by atoms with E-state index in [2.05, 4.69) is 64.8 Å². The number of fused-ring (bicyclic) bond motifs is 3. The number of nitrogens with one attached hydrogen (secondary N) is 6. The molecule has 0 saturated carbocycles. The second-order valence-electron chi connectivity index (χ2n) is 34.8. The number of aromatic amines is 6. The van der Waals surface area contributed by atoms with Gasteiger partial charge in [0.05, 0.1) is 101 Å². The van der Waals surface area contributed by atoms with Gasteiger partial charge < -0.3 is 161 Å². The largest absolute Gasteiger partial charge is 0.780 e. The number of hydrogen-bond donors (Lipinski definition) is 10. The number of aromatic nitrogens is 20. The third-order valence-electron chi connectivity index (χ3n) is 24.7. The van der Waals surface area contributed by atoms with Crippen LogP contribution in [0.5, 0.6) is 0 Å². The van der Waals surface area contributed by atoms with Crippen LogP contribution in [-0.4, -0.2) is 229 Å². The monoisotopic (exact) mass is 2350 g/mol. The molecular formula is C73H90N24O38P7S7-7. The van der Waals surface area contributed by atoms with Crippen molar-refractivity contribution in [2.45, 2.75) is 216 Å². The number of nitrogens with zero attached hydrogens (tertiary/aromatic N) is 14. The maximum absolute atomic E-state index is 15.1. The molecule has 29 atom stereocenters. The SMILES string of the molecule is CC[C@H]1O[C@@H](n2cc(C)c(=O)[nH]c2=O)C[C@H]1OP([O-])(=S)OC[C@H]1O[C@@H](n2cc(C)c(=O)[nH]c2=O)C(C)[C@H]1OP(=O)([S-])OC[C@H]1O[C@@H](n2cnc3c(=O)[nH]c(N)nc32)C[C@H]1OP([O-])(=S)OC[C@H]1O[C@@H](n2cnc3c(=O)[nH]c(N)nc32)C[C@H]1OP([O-])(=S)OC[C@H]1O[C@@H](n2cc(C)c(=O)[nH]c2=O)C[C@H]1OP([O-])(=S)OC[C@H]1O[C@@H](n2cnc3c(=O)[nH]c(N)nc32)C[C@H]1OP([O-])(=S)OC[C@H]1O[C@@H](n2cc(C)c(N)nc2=O)C[C@H]1OP([O-])(=S)OC. The number of nitrogen functional groups attached to an aromatic ring is 4.